The van der Waals surface area contributed by atoms with Gasteiger partial charge in [0.15, 0.2) is 0 Å². The molecule has 144 valence electrons. The maximum absolute atomic E-state index is 12.8. The quantitative estimate of drug-likeness (QED) is 0.706. The highest BCUT2D eigenvalue weighted by Gasteiger charge is 2.21. The van der Waals surface area contributed by atoms with Crippen molar-refractivity contribution in [3.05, 3.63) is 72.3 Å². The Bertz CT molecular complexity index is 908. The van der Waals surface area contributed by atoms with E-state index in [1.165, 1.54) is 18.2 Å². The third-order valence-corrected chi connectivity index (χ3v) is 5.73. The molecule has 2 rings (SSSR count). The fraction of sp³-hybridized carbons (Fsp3) is 0.250. The highest BCUT2D eigenvalue weighted by molar-refractivity contribution is 7.89. The molecule has 1 N–H and O–H groups in total. The molecule has 0 saturated carbocycles. The zero-order chi connectivity index (χ0) is 20.0. The molecule has 0 saturated heterocycles. The van der Waals surface area contributed by atoms with E-state index in [9.17, 15) is 13.2 Å². The van der Waals surface area contributed by atoms with Crippen LogP contribution >= 0.6 is 0 Å². The van der Waals surface area contributed by atoms with Crippen molar-refractivity contribution in [1.29, 1.82) is 0 Å². The van der Waals surface area contributed by atoms with E-state index in [1.807, 2.05) is 31.2 Å². The summed E-state index contributed by atoms with van der Waals surface area (Å²) >= 11 is 0. The second-order valence-electron chi connectivity index (χ2n) is 6.03. The van der Waals surface area contributed by atoms with E-state index < -0.39 is 10.0 Å². The number of ether oxygens (including phenoxy) is 1. The van der Waals surface area contributed by atoms with Gasteiger partial charge in [-0.15, -0.1) is 6.58 Å². The van der Waals surface area contributed by atoms with Crippen molar-refractivity contribution >= 4 is 15.9 Å². The molecule has 1 amide bonds. The number of carbonyl (C=O) groups excluding carboxylic acids is 1. The topological polar surface area (TPSA) is 75.7 Å². The van der Waals surface area contributed by atoms with Crippen LogP contribution in [0.2, 0.25) is 0 Å². The molecule has 0 aromatic heterocycles. The summed E-state index contributed by atoms with van der Waals surface area (Å²) in [5, 5.41) is 0. The molecule has 6 nitrogen and oxygen atoms in total. The normalized spacial score (nSPS) is 12.3. The van der Waals surface area contributed by atoms with Gasteiger partial charge in [0, 0.05) is 19.2 Å². The fourth-order valence-corrected chi connectivity index (χ4v) is 3.58. The van der Waals surface area contributed by atoms with Crippen LogP contribution in [0.3, 0.4) is 0 Å². The zero-order valence-corrected chi connectivity index (χ0v) is 16.5. The van der Waals surface area contributed by atoms with Crippen LogP contribution in [-0.4, -0.2) is 39.9 Å². The van der Waals surface area contributed by atoms with E-state index in [0.717, 1.165) is 11.3 Å². The lowest BCUT2D eigenvalue weighted by Gasteiger charge is -2.25. The maximum atomic E-state index is 12.8. The average molecular weight is 388 g/mol. The number of hydrogen-bond acceptors (Lipinski definition) is 4. The summed E-state index contributed by atoms with van der Waals surface area (Å²) < 4.78 is 32.1. The van der Waals surface area contributed by atoms with Crippen molar-refractivity contribution in [2.75, 3.05) is 20.7 Å². The number of nitrogens with zero attached hydrogens (tertiary/aromatic N) is 1. The zero-order valence-electron chi connectivity index (χ0n) is 15.7. The van der Waals surface area contributed by atoms with Crippen LogP contribution in [0.25, 0.3) is 0 Å². The van der Waals surface area contributed by atoms with Crippen molar-refractivity contribution in [3.8, 4) is 5.75 Å². The van der Waals surface area contributed by atoms with Crippen molar-refractivity contribution < 1.29 is 17.9 Å². The van der Waals surface area contributed by atoms with Gasteiger partial charge in [0.25, 0.3) is 5.91 Å². The van der Waals surface area contributed by atoms with Crippen LogP contribution in [0.5, 0.6) is 5.75 Å². The van der Waals surface area contributed by atoms with Crippen molar-refractivity contribution in [2.45, 2.75) is 17.9 Å². The Morgan fingerprint density at radius 2 is 1.93 bits per heavy atom. The number of carbonyl (C=O) groups is 1. The van der Waals surface area contributed by atoms with Crippen LogP contribution in [-0.2, 0) is 10.0 Å². The number of rotatable bonds is 8. The summed E-state index contributed by atoms with van der Waals surface area (Å²) in [7, 11) is -0.405. The van der Waals surface area contributed by atoms with E-state index >= 15 is 0 Å². The number of benzene rings is 2. The predicted octanol–water partition coefficient (Wildman–Crippen LogP) is 2.99. The first kappa shape index (κ1) is 20.7. The monoisotopic (exact) mass is 388 g/mol. The minimum Gasteiger partial charge on any atom is -0.497 e. The van der Waals surface area contributed by atoms with E-state index in [0.29, 0.717) is 5.56 Å². The maximum Gasteiger partial charge on any atom is 0.254 e. The summed E-state index contributed by atoms with van der Waals surface area (Å²) in [5.74, 6) is 0.476. The van der Waals surface area contributed by atoms with E-state index in [4.69, 9.17) is 4.74 Å². The average Bonchev–Trinajstić information content (AvgIpc) is 2.70. The molecule has 1 atom stereocenters. The van der Waals surface area contributed by atoms with Crippen molar-refractivity contribution in [3.63, 3.8) is 0 Å². The van der Waals surface area contributed by atoms with Crippen LogP contribution < -0.4 is 9.46 Å². The van der Waals surface area contributed by atoms with Crippen molar-refractivity contribution in [2.24, 2.45) is 0 Å². The predicted molar refractivity (Wildman–Crippen MR) is 105 cm³/mol. The molecule has 0 spiro atoms. The SMILES string of the molecule is C=CCNS(=O)(=O)c1cccc(C(=O)N(C)C(C)c2ccc(OC)cc2)c1. The third kappa shape index (κ3) is 4.96. The molecule has 0 fully saturated rings. The molecule has 0 bridgehead atoms. The molecule has 1 unspecified atom stereocenters. The summed E-state index contributed by atoms with van der Waals surface area (Å²) in [4.78, 5) is 14.5. The summed E-state index contributed by atoms with van der Waals surface area (Å²) in [5.41, 5.74) is 1.25. The minimum absolute atomic E-state index is 0.0423. The molecule has 0 heterocycles. The van der Waals surface area contributed by atoms with Gasteiger partial charge in [-0.3, -0.25) is 4.79 Å². The molecular formula is C20H24N2O4S. The molecule has 2 aromatic carbocycles. The van der Waals surface area contributed by atoms with Gasteiger partial charge < -0.3 is 9.64 Å². The smallest absolute Gasteiger partial charge is 0.254 e. The number of amides is 1. The fourth-order valence-electron chi connectivity index (χ4n) is 2.53. The van der Waals surface area contributed by atoms with Gasteiger partial charge in [-0.25, -0.2) is 13.1 Å². The lowest BCUT2D eigenvalue weighted by molar-refractivity contribution is 0.0742. The summed E-state index contributed by atoms with van der Waals surface area (Å²) in [6, 6.07) is 13.3. The summed E-state index contributed by atoms with van der Waals surface area (Å²) in [6.07, 6.45) is 1.46. The highest BCUT2D eigenvalue weighted by Crippen LogP contribution is 2.23. The first-order valence-corrected chi connectivity index (χ1v) is 9.90. The first-order chi connectivity index (χ1) is 12.8. The van der Waals surface area contributed by atoms with Gasteiger partial charge in [0.05, 0.1) is 18.0 Å². The number of methoxy groups -OCH3 is 1. The van der Waals surface area contributed by atoms with Gasteiger partial charge in [-0.2, -0.15) is 0 Å². The summed E-state index contributed by atoms with van der Waals surface area (Å²) in [6.45, 7) is 5.52. The van der Waals surface area contributed by atoms with Gasteiger partial charge in [0.2, 0.25) is 10.0 Å². The molecule has 27 heavy (non-hydrogen) atoms. The third-order valence-electron chi connectivity index (χ3n) is 4.31. The number of nitrogens with one attached hydrogen (secondary N) is 1. The van der Waals surface area contributed by atoms with Gasteiger partial charge in [-0.05, 0) is 42.8 Å². The largest absolute Gasteiger partial charge is 0.497 e. The lowest BCUT2D eigenvalue weighted by atomic mass is 10.1. The second-order valence-corrected chi connectivity index (χ2v) is 7.80. The first-order valence-electron chi connectivity index (χ1n) is 8.42. The molecule has 2 aromatic rings. The Hall–Kier alpha value is -2.64. The standard InChI is InChI=1S/C20H24N2O4S/c1-5-13-21-27(24,25)19-8-6-7-17(14-19)20(23)22(3)15(2)16-9-11-18(26-4)12-10-16/h5-12,14-15,21H,1,13H2,2-4H3. The Labute approximate surface area is 160 Å². The molecule has 0 aliphatic rings. The molecule has 7 heteroatoms. The Morgan fingerprint density at radius 3 is 2.52 bits per heavy atom. The Kier molecular flexibility index (Phi) is 6.76. The van der Waals surface area contributed by atoms with Crippen LogP contribution in [0.1, 0.15) is 28.9 Å². The van der Waals surface area contributed by atoms with E-state index in [-0.39, 0.29) is 23.4 Å². The lowest BCUT2D eigenvalue weighted by Crippen LogP contribution is -2.30. The van der Waals surface area contributed by atoms with E-state index in [1.54, 1.807) is 31.2 Å². The van der Waals surface area contributed by atoms with Crippen LogP contribution in [0.15, 0.2) is 66.1 Å². The van der Waals surface area contributed by atoms with Gasteiger partial charge in [-0.1, -0.05) is 24.3 Å². The minimum atomic E-state index is -3.69. The highest BCUT2D eigenvalue weighted by atomic mass is 32.2. The Morgan fingerprint density at radius 1 is 1.26 bits per heavy atom. The van der Waals surface area contributed by atoms with Gasteiger partial charge in [0.1, 0.15) is 5.75 Å². The van der Waals surface area contributed by atoms with Gasteiger partial charge >= 0.3 is 0 Å². The Balaban J connectivity index is 2.23. The number of sulfonamides is 1. The second kappa shape index (κ2) is 8.83. The molecule has 0 radical (unpaired) electrons. The van der Waals surface area contributed by atoms with Crippen LogP contribution in [0.4, 0.5) is 0 Å². The molecule has 0 aliphatic heterocycles. The molecule has 0 aliphatic carbocycles. The van der Waals surface area contributed by atoms with Crippen molar-refractivity contribution in [1.82, 2.24) is 9.62 Å². The number of hydrogen-bond donors (Lipinski definition) is 1. The van der Waals surface area contributed by atoms with Crippen LogP contribution in [0, 0.1) is 0 Å². The molecular weight excluding hydrogens is 364 g/mol. The van der Waals surface area contributed by atoms with E-state index in [2.05, 4.69) is 11.3 Å².